The first-order valence-corrected chi connectivity index (χ1v) is 11.7. The second-order valence-corrected chi connectivity index (χ2v) is 10.4. The van der Waals surface area contributed by atoms with Gasteiger partial charge in [0.15, 0.2) is 0 Å². The highest BCUT2D eigenvalue weighted by atomic mass is 35.5. The second kappa shape index (κ2) is 8.35. The third-order valence-corrected chi connectivity index (χ3v) is 7.91. The van der Waals surface area contributed by atoms with Crippen LogP contribution in [0.25, 0.3) is 21.3 Å². The molecule has 0 bridgehead atoms. The first-order valence-electron chi connectivity index (χ1n) is 9.09. The highest BCUT2D eigenvalue weighted by Crippen LogP contribution is 2.30. The highest BCUT2D eigenvalue weighted by Gasteiger charge is 2.22. The summed E-state index contributed by atoms with van der Waals surface area (Å²) >= 11 is 7.33. The average Bonchev–Trinajstić information content (AvgIpc) is 3.19. The number of pyridine rings is 2. The van der Waals surface area contributed by atoms with Crippen molar-refractivity contribution < 1.29 is 13.2 Å². The molecule has 3 heterocycles. The number of halogens is 1. The summed E-state index contributed by atoms with van der Waals surface area (Å²) in [6.45, 7) is 0. The summed E-state index contributed by atoms with van der Waals surface area (Å²) in [5.74, 6) is -0.357. The Morgan fingerprint density at radius 2 is 1.81 bits per heavy atom. The number of hydrogen-bond acceptors (Lipinski definition) is 6. The van der Waals surface area contributed by atoms with E-state index in [1.807, 2.05) is 18.2 Å². The molecule has 7 nitrogen and oxygen atoms in total. The minimum atomic E-state index is -3.74. The van der Waals surface area contributed by atoms with E-state index in [2.05, 4.69) is 15.3 Å². The van der Waals surface area contributed by atoms with Gasteiger partial charge in [-0.3, -0.25) is 9.78 Å². The predicted molar refractivity (Wildman–Crippen MR) is 123 cm³/mol. The van der Waals surface area contributed by atoms with Gasteiger partial charge in [-0.15, -0.1) is 11.3 Å². The third-order valence-electron chi connectivity index (χ3n) is 4.56. The van der Waals surface area contributed by atoms with Crippen LogP contribution in [-0.4, -0.2) is 42.7 Å². The van der Waals surface area contributed by atoms with Crippen molar-refractivity contribution in [3.8, 4) is 11.1 Å². The molecule has 0 aliphatic rings. The number of rotatable bonds is 5. The van der Waals surface area contributed by atoms with Gasteiger partial charge in [-0.1, -0.05) is 11.6 Å². The maximum atomic E-state index is 12.8. The summed E-state index contributed by atoms with van der Waals surface area (Å²) in [6.07, 6.45) is 5.18. The molecular formula is C21H17ClN4O3S2. The molecule has 3 aromatic heterocycles. The van der Waals surface area contributed by atoms with Gasteiger partial charge in [-0.2, -0.15) is 0 Å². The number of carbonyl (C=O) groups is 1. The van der Waals surface area contributed by atoms with Crippen LogP contribution < -0.4 is 5.32 Å². The number of nitrogens with zero attached hydrogens (tertiary/aromatic N) is 3. The summed E-state index contributed by atoms with van der Waals surface area (Å²) in [5, 5.41) is 3.67. The maximum absolute atomic E-state index is 12.8. The Morgan fingerprint density at radius 1 is 1.06 bits per heavy atom. The lowest BCUT2D eigenvalue weighted by Gasteiger charge is -2.14. The molecule has 0 atom stereocenters. The van der Waals surface area contributed by atoms with E-state index in [9.17, 15) is 13.2 Å². The van der Waals surface area contributed by atoms with Crippen LogP contribution in [-0.2, 0) is 10.0 Å². The van der Waals surface area contributed by atoms with Gasteiger partial charge in [0.05, 0.1) is 9.90 Å². The molecule has 0 fully saturated rings. The summed E-state index contributed by atoms with van der Waals surface area (Å²) in [7, 11) is -0.908. The van der Waals surface area contributed by atoms with E-state index < -0.39 is 10.0 Å². The van der Waals surface area contributed by atoms with E-state index in [0.717, 1.165) is 25.6 Å². The van der Waals surface area contributed by atoms with Crippen LogP contribution in [0.5, 0.6) is 0 Å². The van der Waals surface area contributed by atoms with E-state index in [1.54, 1.807) is 30.7 Å². The monoisotopic (exact) mass is 472 g/mol. The lowest BCUT2D eigenvalue weighted by molar-refractivity contribution is 0.103. The predicted octanol–water partition coefficient (Wildman–Crippen LogP) is 4.51. The Labute approximate surface area is 188 Å². The number of nitrogens with one attached hydrogen (secondary N) is 1. The molecule has 0 aliphatic carbocycles. The quantitative estimate of drug-likeness (QED) is 0.461. The van der Waals surface area contributed by atoms with E-state index in [0.29, 0.717) is 10.6 Å². The van der Waals surface area contributed by atoms with Crippen LogP contribution in [0.4, 0.5) is 5.69 Å². The number of thiophene rings is 1. The number of carbonyl (C=O) groups excluding carboxylic acids is 1. The number of amides is 1. The van der Waals surface area contributed by atoms with Gasteiger partial charge in [-0.05, 0) is 48.0 Å². The molecule has 0 spiro atoms. The van der Waals surface area contributed by atoms with Gasteiger partial charge in [-0.25, -0.2) is 17.7 Å². The molecular weight excluding hydrogens is 456 g/mol. The highest BCUT2D eigenvalue weighted by molar-refractivity contribution is 7.89. The van der Waals surface area contributed by atoms with E-state index in [-0.39, 0.29) is 15.8 Å². The van der Waals surface area contributed by atoms with Crippen LogP contribution in [0.3, 0.4) is 0 Å². The molecule has 31 heavy (non-hydrogen) atoms. The Balaban J connectivity index is 1.62. The zero-order chi connectivity index (χ0) is 22.2. The average molecular weight is 473 g/mol. The number of benzene rings is 1. The zero-order valence-corrected chi connectivity index (χ0v) is 18.9. The molecule has 10 heteroatoms. The Hall–Kier alpha value is -2.85. The molecule has 158 valence electrons. The molecule has 0 unspecified atom stereocenters. The molecule has 1 amide bonds. The number of fused-ring (bicyclic) bond motifs is 1. The molecule has 1 aromatic carbocycles. The van der Waals surface area contributed by atoms with Crippen molar-refractivity contribution in [2.75, 3.05) is 19.4 Å². The SMILES string of the molecule is CN(C)S(=O)(=O)c1cc(NC(=O)c2cc3cc(-c4ccncc4)cnc3s2)ccc1Cl. The lowest BCUT2D eigenvalue weighted by Crippen LogP contribution is -2.22. The third kappa shape index (κ3) is 4.31. The fraction of sp³-hybridized carbons (Fsp3) is 0.0952. The van der Waals surface area contributed by atoms with Gasteiger partial charge < -0.3 is 5.32 Å². The van der Waals surface area contributed by atoms with Crippen LogP contribution in [0, 0.1) is 0 Å². The van der Waals surface area contributed by atoms with Crippen molar-refractivity contribution in [2.45, 2.75) is 4.90 Å². The van der Waals surface area contributed by atoms with Crippen molar-refractivity contribution in [2.24, 2.45) is 0 Å². The molecule has 4 aromatic rings. The first-order chi connectivity index (χ1) is 14.8. The fourth-order valence-electron chi connectivity index (χ4n) is 2.92. The largest absolute Gasteiger partial charge is 0.321 e. The molecule has 0 saturated heterocycles. The second-order valence-electron chi connectivity index (χ2n) is 6.85. The molecule has 0 saturated carbocycles. The van der Waals surface area contributed by atoms with Gasteiger partial charge in [0.1, 0.15) is 9.73 Å². The number of anilines is 1. The van der Waals surface area contributed by atoms with Crippen molar-refractivity contribution in [1.82, 2.24) is 14.3 Å². The molecule has 4 rings (SSSR count). The zero-order valence-electron chi connectivity index (χ0n) is 16.5. The van der Waals surface area contributed by atoms with E-state index >= 15 is 0 Å². The van der Waals surface area contributed by atoms with Gasteiger partial charge in [0.2, 0.25) is 10.0 Å². The van der Waals surface area contributed by atoms with Crippen LogP contribution in [0.1, 0.15) is 9.67 Å². The first kappa shape index (κ1) is 21.4. The molecule has 0 aliphatic heterocycles. The maximum Gasteiger partial charge on any atom is 0.265 e. The van der Waals surface area contributed by atoms with E-state index in [4.69, 9.17) is 11.6 Å². The van der Waals surface area contributed by atoms with Crippen LogP contribution in [0.2, 0.25) is 5.02 Å². The van der Waals surface area contributed by atoms with Crippen molar-refractivity contribution >= 4 is 54.8 Å². The Bertz CT molecular complexity index is 1390. The normalized spacial score (nSPS) is 11.7. The minimum absolute atomic E-state index is 0.0723. The van der Waals surface area contributed by atoms with Crippen molar-refractivity contribution in [3.63, 3.8) is 0 Å². The molecule has 1 N–H and O–H groups in total. The van der Waals surface area contributed by atoms with Gasteiger partial charge >= 0.3 is 0 Å². The van der Waals surface area contributed by atoms with Crippen LogP contribution in [0.15, 0.2) is 66.0 Å². The summed E-state index contributed by atoms with van der Waals surface area (Å²) in [5.41, 5.74) is 2.24. The Morgan fingerprint density at radius 3 is 2.52 bits per heavy atom. The summed E-state index contributed by atoms with van der Waals surface area (Å²) in [6, 6.07) is 11.9. The van der Waals surface area contributed by atoms with Crippen molar-refractivity contribution in [3.05, 3.63) is 71.0 Å². The minimum Gasteiger partial charge on any atom is -0.321 e. The van der Waals surface area contributed by atoms with Gasteiger partial charge in [0, 0.05) is 49.3 Å². The fourth-order valence-corrected chi connectivity index (χ4v) is 5.19. The van der Waals surface area contributed by atoms with Gasteiger partial charge in [0.25, 0.3) is 5.91 Å². The number of aromatic nitrogens is 2. The number of sulfonamides is 1. The topological polar surface area (TPSA) is 92.3 Å². The summed E-state index contributed by atoms with van der Waals surface area (Å²) < 4.78 is 26.0. The summed E-state index contributed by atoms with van der Waals surface area (Å²) in [4.78, 5) is 22.4. The number of hydrogen-bond donors (Lipinski definition) is 1. The molecule has 0 radical (unpaired) electrons. The standard InChI is InChI=1S/C21H17ClN4O3S2/c1-26(2)31(28,29)19-11-16(3-4-17(19)22)25-20(27)18-10-14-9-15(12-24-21(14)30-18)13-5-7-23-8-6-13/h3-12H,1-2H3,(H,25,27). The Kier molecular flexibility index (Phi) is 5.76. The lowest BCUT2D eigenvalue weighted by atomic mass is 10.1. The van der Waals surface area contributed by atoms with E-state index in [1.165, 1.54) is 37.6 Å². The smallest absolute Gasteiger partial charge is 0.265 e. The van der Waals surface area contributed by atoms with Crippen LogP contribution >= 0.6 is 22.9 Å². The van der Waals surface area contributed by atoms with Crippen molar-refractivity contribution in [1.29, 1.82) is 0 Å².